The van der Waals surface area contributed by atoms with E-state index in [4.69, 9.17) is 0 Å². The summed E-state index contributed by atoms with van der Waals surface area (Å²) in [5.74, 6) is 0.167. The molecule has 2 unspecified atom stereocenters. The zero-order chi connectivity index (χ0) is 10.3. The summed E-state index contributed by atoms with van der Waals surface area (Å²) in [6.45, 7) is 3.06. The minimum absolute atomic E-state index is 0. The van der Waals surface area contributed by atoms with Crippen LogP contribution in [0.1, 0.15) is 54.4 Å². The van der Waals surface area contributed by atoms with E-state index in [-0.39, 0.29) is 35.2 Å². The molecule has 1 aliphatic rings. The summed E-state index contributed by atoms with van der Waals surface area (Å²) in [5, 5.41) is 12.4. The van der Waals surface area contributed by atoms with Crippen LogP contribution in [0, 0.1) is 0 Å². The lowest BCUT2D eigenvalue weighted by atomic mass is 9.93. The van der Waals surface area contributed by atoms with Gasteiger partial charge in [-0.2, -0.15) is 0 Å². The lowest BCUT2D eigenvalue weighted by Crippen LogP contribution is -2.39. The molecule has 1 fully saturated rings. The van der Waals surface area contributed by atoms with E-state index in [1.54, 1.807) is 0 Å². The number of carbonyl (C=O) groups is 1. The van der Waals surface area contributed by atoms with Gasteiger partial charge in [0, 0.05) is 14.5 Å². The summed E-state index contributed by atoms with van der Waals surface area (Å²) in [4.78, 5) is 9.44. The molecule has 3 nitrogen and oxygen atoms in total. The Hall–Kier alpha value is -0.345. The van der Waals surface area contributed by atoms with Gasteiger partial charge in [-0.25, -0.2) is 0 Å². The van der Waals surface area contributed by atoms with E-state index in [1.165, 1.54) is 26.7 Å². The van der Waals surface area contributed by atoms with Crippen molar-refractivity contribution in [3.8, 4) is 0 Å². The summed E-state index contributed by atoms with van der Waals surface area (Å²) < 4.78 is 0. The molecule has 0 heterocycles. The smallest absolute Gasteiger partial charge is 0.126 e. The minimum atomic E-state index is -0.0938. The molecule has 97 valence electrons. The van der Waals surface area contributed by atoms with E-state index >= 15 is 0 Å². The number of aliphatic hydroxyl groups is 1. The van der Waals surface area contributed by atoms with Gasteiger partial charge in [0.15, 0.2) is 0 Å². The van der Waals surface area contributed by atoms with Crippen molar-refractivity contribution in [2.24, 2.45) is 0 Å². The van der Waals surface area contributed by atoms with E-state index in [0.717, 1.165) is 12.8 Å². The monoisotopic (exact) mass is 230 g/mol. The van der Waals surface area contributed by atoms with Gasteiger partial charge < -0.3 is 15.2 Å². The van der Waals surface area contributed by atoms with Crippen LogP contribution in [0.25, 0.3) is 0 Å². The van der Waals surface area contributed by atoms with Crippen LogP contribution in [0.2, 0.25) is 0 Å². The molecule has 3 radical (unpaired) electrons. The number of ketones is 1. The van der Waals surface area contributed by atoms with Crippen molar-refractivity contribution in [1.29, 1.82) is 0 Å². The number of hydrogen-bond donors (Lipinski definition) is 2. The van der Waals surface area contributed by atoms with Gasteiger partial charge in [0.2, 0.25) is 0 Å². The molecule has 0 spiro atoms. The Balaban J connectivity index is -0.0000000921. The van der Waals surface area contributed by atoms with Crippen molar-refractivity contribution in [2.45, 2.75) is 66.5 Å². The third-order valence-electron chi connectivity index (χ3n) is 2.10. The van der Waals surface area contributed by atoms with Crippen LogP contribution in [0.5, 0.6) is 0 Å². The van der Waals surface area contributed by atoms with Crippen molar-refractivity contribution in [3.05, 3.63) is 0 Å². The van der Waals surface area contributed by atoms with Gasteiger partial charge in [-0.15, -0.1) is 0 Å². The molecule has 0 saturated heterocycles. The molecule has 4 heteroatoms. The maximum Gasteiger partial charge on any atom is 0.126 e. The first-order chi connectivity index (χ1) is 6.07. The van der Waals surface area contributed by atoms with Gasteiger partial charge in [0.05, 0.1) is 6.10 Å². The fraction of sp³-hybridized carbons (Fsp3) is 0.917. The Morgan fingerprint density at radius 1 is 1.19 bits per heavy atom. The quantitative estimate of drug-likeness (QED) is 0.677. The maximum atomic E-state index is 9.44. The topological polar surface area (TPSA) is 49.3 Å². The molecule has 16 heavy (non-hydrogen) atoms. The molecule has 2 atom stereocenters. The molecular weight excluding hydrogens is 201 g/mol. The lowest BCUT2D eigenvalue weighted by Gasteiger charge is -2.26. The second kappa shape index (κ2) is 14.7. The van der Waals surface area contributed by atoms with E-state index in [2.05, 4.69) is 5.32 Å². The number of nitrogens with one attached hydrogen (secondary N) is 1. The van der Waals surface area contributed by atoms with E-state index < -0.39 is 0 Å². The summed E-state index contributed by atoms with van der Waals surface area (Å²) in [6.07, 6.45) is 4.48. The van der Waals surface area contributed by atoms with E-state index in [9.17, 15) is 9.90 Å². The van der Waals surface area contributed by atoms with Crippen LogP contribution >= 0.6 is 0 Å². The zero-order valence-corrected chi connectivity index (χ0v) is 9.42. The molecule has 1 saturated carbocycles. The third kappa shape index (κ3) is 13.7. The van der Waals surface area contributed by atoms with Gasteiger partial charge in [0.25, 0.3) is 0 Å². The van der Waals surface area contributed by atoms with E-state index in [0.29, 0.717) is 6.04 Å². The number of carbonyl (C=O) groups excluding carboxylic acids is 1. The lowest BCUT2D eigenvalue weighted by molar-refractivity contribution is -0.114. The Bertz CT molecular complexity index is 150. The number of aliphatic hydroxyl groups excluding tert-OH is 1. The van der Waals surface area contributed by atoms with Crippen LogP contribution in [0.3, 0.4) is 0 Å². The first-order valence-corrected chi connectivity index (χ1v) is 4.90. The van der Waals surface area contributed by atoms with Crippen molar-refractivity contribution < 1.29 is 9.90 Å². The molecule has 0 amide bonds. The van der Waals surface area contributed by atoms with Crippen LogP contribution < -0.4 is 5.32 Å². The van der Waals surface area contributed by atoms with Gasteiger partial charge in [-0.3, -0.25) is 0 Å². The number of hydrogen-bond acceptors (Lipinski definition) is 3. The summed E-state index contributed by atoms with van der Waals surface area (Å²) >= 11 is 0. The number of likely N-dealkylation sites (N-methyl/N-ethyl adjacent to an activating group) is 1. The first kappa shape index (κ1) is 24.8. The van der Waals surface area contributed by atoms with Crippen LogP contribution in [0.4, 0.5) is 0 Å². The van der Waals surface area contributed by atoms with Crippen molar-refractivity contribution >= 4 is 14.2 Å². The fourth-order valence-corrected chi connectivity index (χ4v) is 1.45. The summed E-state index contributed by atoms with van der Waals surface area (Å²) in [6, 6.07) is 0.360. The molecule has 1 rings (SSSR count). The first-order valence-electron chi connectivity index (χ1n) is 4.90. The zero-order valence-electron chi connectivity index (χ0n) is 9.42. The Morgan fingerprint density at radius 3 is 1.81 bits per heavy atom. The molecule has 1 aliphatic carbocycles. The normalized spacial score (nSPS) is 22.2. The standard InChI is InChI=1S/C7H15NO.C3H6O.2CH4.B/c1-8-6-4-2-3-5-7(6)9;1-3(2)4;;;/h6-9H,2-5H2,1H3;1-2H3;2*1H4;. The summed E-state index contributed by atoms with van der Waals surface area (Å²) in [7, 11) is 1.92. The Kier molecular flexibility index (Phi) is 22.7. The molecular formula is C12H29BNO2. The minimum Gasteiger partial charge on any atom is -0.392 e. The molecule has 0 aromatic rings. The SMILES string of the molecule is C.C.CC(C)=O.CNC1CCCCC1O.[B]. The Labute approximate surface area is 104 Å². The number of Topliss-reactive ketones (excluding diaryl/α,β-unsaturated/α-hetero) is 1. The van der Waals surface area contributed by atoms with Crippen LogP contribution in [-0.4, -0.2) is 38.5 Å². The second-order valence-corrected chi connectivity index (χ2v) is 3.66. The number of rotatable bonds is 1. The predicted molar refractivity (Wildman–Crippen MR) is 72.9 cm³/mol. The van der Waals surface area contributed by atoms with Gasteiger partial charge in [-0.05, 0) is 33.7 Å². The fourth-order valence-electron chi connectivity index (χ4n) is 1.45. The molecule has 0 aromatic heterocycles. The summed E-state index contributed by atoms with van der Waals surface area (Å²) in [5.41, 5.74) is 0. The van der Waals surface area contributed by atoms with Gasteiger partial charge >= 0.3 is 0 Å². The van der Waals surface area contributed by atoms with Gasteiger partial charge in [-0.1, -0.05) is 27.7 Å². The second-order valence-electron chi connectivity index (χ2n) is 3.66. The van der Waals surface area contributed by atoms with Crippen LogP contribution in [0.15, 0.2) is 0 Å². The molecule has 0 bridgehead atoms. The van der Waals surface area contributed by atoms with Crippen LogP contribution in [-0.2, 0) is 4.79 Å². The maximum absolute atomic E-state index is 9.44. The predicted octanol–water partition coefficient (Wildman–Crippen LogP) is 2.00. The largest absolute Gasteiger partial charge is 0.392 e. The third-order valence-corrected chi connectivity index (χ3v) is 2.10. The van der Waals surface area contributed by atoms with Crippen molar-refractivity contribution in [3.63, 3.8) is 0 Å². The van der Waals surface area contributed by atoms with Crippen molar-refractivity contribution in [1.82, 2.24) is 5.32 Å². The van der Waals surface area contributed by atoms with E-state index in [1.807, 2.05) is 7.05 Å². The van der Waals surface area contributed by atoms with Gasteiger partial charge in [0.1, 0.15) is 5.78 Å². The highest BCUT2D eigenvalue weighted by Crippen LogP contribution is 2.17. The molecule has 0 aliphatic heterocycles. The highest BCUT2D eigenvalue weighted by molar-refractivity contribution is 5.75. The average Bonchev–Trinajstić information content (AvgIpc) is 2.04. The average molecular weight is 230 g/mol. The van der Waals surface area contributed by atoms with Crippen molar-refractivity contribution in [2.75, 3.05) is 7.05 Å². The highest BCUT2D eigenvalue weighted by atomic mass is 16.3. The Morgan fingerprint density at radius 2 is 1.56 bits per heavy atom. The molecule has 2 N–H and O–H groups in total. The highest BCUT2D eigenvalue weighted by Gasteiger charge is 2.20. The molecule has 0 aromatic carbocycles.